The highest BCUT2D eigenvalue weighted by atomic mass is 16.3. The van der Waals surface area contributed by atoms with Gasteiger partial charge in [-0.2, -0.15) is 0 Å². The minimum Gasteiger partial charge on any atom is -0.508 e. The van der Waals surface area contributed by atoms with Gasteiger partial charge in [-0.1, -0.05) is 6.07 Å². The minimum absolute atomic E-state index is 0.305. The van der Waals surface area contributed by atoms with E-state index in [1.807, 2.05) is 19.9 Å². The number of rotatable bonds is 3. The third kappa shape index (κ3) is 2.31. The molecule has 0 fully saturated rings. The average molecular weight is 178 g/mol. The maximum Gasteiger partial charge on any atom is 0.120 e. The van der Waals surface area contributed by atoms with Gasteiger partial charge in [0.1, 0.15) is 12.0 Å². The highest BCUT2D eigenvalue weighted by Crippen LogP contribution is 2.23. The summed E-state index contributed by atoms with van der Waals surface area (Å²) in [6.45, 7) is 3.89. The van der Waals surface area contributed by atoms with Crippen LogP contribution in [0.1, 0.15) is 23.1 Å². The van der Waals surface area contributed by atoms with Crippen LogP contribution in [0.3, 0.4) is 0 Å². The lowest BCUT2D eigenvalue weighted by Crippen LogP contribution is -1.92. The van der Waals surface area contributed by atoms with Gasteiger partial charge >= 0.3 is 0 Å². The van der Waals surface area contributed by atoms with Crippen LogP contribution in [0.15, 0.2) is 12.1 Å². The Morgan fingerprint density at radius 1 is 1.38 bits per heavy atom. The lowest BCUT2D eigenvalue weighted by Gasteiger charge is -2.07. The first-order valence-corrected chi connectivity index (χ1v) is 4.38. The molecule has 1 aromatic carbocycles. The molecule has 0 aliphatic carbocycles. The van der Waals surface area contributed by atoms with Crippen molar-refractivity contribution in [1.29, 1.82) is 0 Å². The second-order valence-corrected chi connectivity index (χ2v) is 3.28. The van der Waals surface area contributed by atoms with Crippen molar-refractivity contribution in [3.8, 4) is 5.75 Å². The Morgan fingerprint density at radius 3 is 2.62 bits per heavy atom. The summed E-state index contributed by atoms with van der Waals surface area (Å²) in [6.07, 6.45) is 1.97. The van der Waals surface area contributed by atoms with Crippen molar-refractivity contribution in [2.45, 2.75) is 26.7 Å². The molecule has 1 aromatic rings. The van der Waals surface area contributed by atoms with E-state index in [2.05, 4.69) is 0 Å². The number of phenolic OH excluding ortho intramolecular Hbond substituents is 1. The number of benzene rings is 1. The number of carbonyl (C=O) groups is 1. The number of hydrogen-bond acceptors (Lipinski definition) is 2. The molecule has 0 atom stereocenters. The third-order valence-electron chi connectivity index (χ3n) is 2.11. The Labute approximate surface area is 78.2 Å². The molecule has 0 aliphatic rings. The van der Waals surface area contributed by atoms with Gasteiger partial charge in [0.25, 0.3) is 0 Å². The lowest BCUT2D eigenvalue weighted by molar-refractivity contribution is -0.107. The molecule has 0 heterocycles. The van der Waals surface area contributed by atoms with Gasteiger partial charge in [-0.3, -0.25) is 0 Å². The van der Waals surface area contributed by atoms with Crippen molar-refractivity contribution in [3.63, 3.8) is 0 Å². The van der Waals surface area contributed by atoms with E-state index < -0.39 is 0 Å². The van der Waals surface area contributed by atoms with Crippen LogP contribution in [0, 0.1) is 13.8 Å². The summed E-state index contributed by atoms with van der Waals surface area (Å²) in [5.74, 6) is 0.305. The van der Waals surface area contributed by atoms with Crippen LogP contribution in [-0.2, 0) is 11.2 Å². The summed E-state index contributed by atoms with van der Waals surface area (Å²) in [6, 6.07) is 3.74. The Bertz CT molecular complexity index is 293. The van der Waals surface area contributed by atoms with Gasteiger partial charge in [-0.05, 0) is 43.0 Å². The molecule has 2 nitrogen and oxygen atoms in total. The maximum absolute atomic E-state index is 10.2. The van der Waals surface area contributed by atoms with Crippen LogP contribution in [0.25, 0.3) is 0 Å². The zero-order valence-electron chi connectivity index (χ0n) is 8.00. The Hall–Kier alpha value is -1.31. The number of carbonyl (C=O) groups excluding carboxylic acids is 1. The van der Waals surface area contributed by atoms with Crippen LogP contribution in [0.5, 0.6) is 5.75 Å². The highest BCUT2D eigenvalue weighted by Gasteiger charge is 2.04. The first-order chi connectivity index (χ1) is 6.15. The molecule has 0 saturated carbocycles. The third-order valence-corrected chi connectivity index (χ3v) is 2.11. The van der Waals surface area contributed by atoms with Crippen LogP contribution >= 0.6 is 0 Å². The molecule has 0 aliphatic heterocycles. The molecule has 0 aromatic heterocycles. The molecule has 13 heavy (non-hydrogen) atoms. The predicted molar refractivity (Wildman–Crippen MR) is 52.0 cm³/mol. The second-order valence-electron chi connectivity index (χ2n) is 3.28. The summed E-state index contributed by atoms with van der Waals surface area (Å²) in [7, 11) is 0. The largest absolute Gasteiger partial charge is 0.508 e. The number of aromatic hydroxyl groups is 1. The standard InChI is InChI=1S/C11H14O2/c1-8-6-9(2)10(4-3-5-12)11(13)7-8/h5-7,13H,3-4H2,1-2H3. The highest BCUT2D eigenvalue weighted by molar-refractivity contribution is 5.52. The lowest BCUT2D eigenvalue weighted by atomic mass is 10.0. The van der Waals surface area contributed by atoms with E-state index in [1.165, 1.54) is 0 Å². The SMILES string of the molecule is Cc1cc(C)c(CCC=O)c(O)c1. The number of aldehydes is 1. The van der Waals surface area contributed by atoms with Crippen LogP contribution in [0.4, 0.5) is 0 Å². The monoisotopic (exact) mass is 178 g/mol. The summed E-state index contributed by atoms with van der Waals surface area (Å²) >= 11 is 0. The van der Waals surface area contributed by atoms with Gasteiger partial charge in [0, 0.05) is 6.42 Å². The Morgan fingerprint density at radius 2 is 2.08 bits per heavy atom. The fourth-order valence-electron chi connectivity index (χ4n) is 1.50. The van der Waals surface area contributed by atoms with Crippen molar-refractivity contribution in [2.75, 3.05) is 0 Å². The van der Waals surface area contributed by atoms with Crippen molar-refractivity contribution in [2.24, 2.45) is 0 Å². The molecule has 1 rings (SSSR count). The van der Waals surface area contributed by atoms with Gasteiger partial charge in [0.05, 0.1) is 0 Å². The zero-order chi connectivity index (χ0) is 9.84. The van der Waals surface area contributed by atoms with E-state index in [0.29, 0.717) is 18.6 Å². The van der Waals surface area contributed by atoms with E-state index in [4.69, 9.17) is 0 Å². The summed E-state index contributed by atoms with van der Waals surface area (Å²) in [4.78, 5) is 10.2. The predicted octanol–water partition coefficient (Wildman–Crippen LogP) is 2.14. The van der Waals surface area contributed by atoms with Gasteiger partial charge < -0.3 is 9.90 Å². The number of hydrogen-bond donors (Lipinski definition) is 1. The van der Waals surface area contributed by atoms with Gasteiger partial charge in [0.2, 0.25) is 0 Å². The van der Waals surface area contributed by atoms with Crippen LogP contribution in [-0.4, -0.2) is 11.4 Å². The molecule has 0 unspecified atom stereocenters. The molecule has 0 saturated heterocycles. The Balaban J connectivity index is 2.98. The van der Waals surface area contributed by atoms with E-state index in [9.17, 15) is 9.90 Å². The zero-order valence-corrected chi connectivity index (χ0v) is 8.00. The summed E-state index contributed by atoms with van der Waals surface area (Å²) in [5, 5.41) is 9.58. The maximum atomic E-state index is 10.2. The van der Waals surface area contributed by atoms with E-state index in [0.717, 1.165) is 23.0 Å². The van der Waals surface area contributed by atoms with Gasteiger partial charge in [-0.15, -0.1) is 0 Å². The molecule has 0 amide bonds. The first-order valence-electron chi connectivity index (χ1n) is 4.38. The molecule has 70 valence electrons. The van der Waals surface area contributed by atoms with Crippen LogP contribution in [0.2, 0.25) is 0 Å². The van der Waals surface area contributed by atoms with E-state index in [1.54, 1.807) is 6.07 Å². The number of aryl methyl sites for hydroxylation is 2. The van der Waals surface area contributed by atoms with Gasteiger partial charge in [-0.25, -0.2) is 0 Å². The molecule has 0 spiro atoms. The van der Waals surface area contributed by atoms with Gasteiger partial charge in [0.15, 0.2) is 0 Å². The molecular weight excluding hydrogens is 164 g/mol. The summed E-state index contributed by atoms with van der Waals surface area (Å²) < 4.78 is 0. The van der Waals surface area contributed by atoms with Crippen molar-refractivity contribution in [3.05, 3.63) is 28.8 Å². The normalized spacial score (nSPS) is 10.0. The van der Waals surface area contributed by atoms with Crippen LogP contribution < -0.4 is 0 Å². The molecular formula is C11H14O2. The molecule has 2 heteroatoms. The topological polar surface area (TPSA) is 37.3 Å². The second kappa shape index (κ2) is 4.08. The smallest absolute Gasteiger partial charge is 0.120 e. The Kier molecular flexibility index (Phi) is 3.07. The fourth-order valence-corrected chi connectivity index (χ4v) is 1.50. The molecule has 0 radical (unpaired) electrons. The fraction of sp³-hybridized carbons (Fsp3) is 0.364. The number of phenols is 1. The quantitative estimate of drug-likeness (QED) is 0.720. The minimum atomic E-state index is 0.305. The molecule has 1 N–H and O–H groups in total. The average Bonchev–Trinajstić information content (AvgIpc) is 2.02. The van der Waals surface area contributed by atoms with E-state index >= 15 is 0 Å². The summed E-state index contributed by atoms with van der Waals surface area (Å²) in [5.41, 5.74) is 2.99. The van der Waals surface area contributed by atoms with E-state index in [-0.39, 0.29) is 0 Å². The van der Waals surface area contributed by atoms with Crippen molar-refractivity contribution >= 4 is 6.29 Å². The molecule has 0 bridgehead atoms. The first kappa shape index (κ1) is 9.78. The van der Waals surface area contributed by atoms with Crippen molar-refractivity contribution < 1.29 is 9.90 Å². The van der Waals surface area contributed by atoms with Crippen molar-refractivity contribution in [1.82, 2.24) is 0 Å².